The average molecular weight is 290 g/mol. The number of carbonyl (C=O) groups is 1. The number of nitrogens with two attached hydrogens (primary N) is 1. The minimum atomic E-state index is -1.13. The summed E-state index contributed by atoms with van der Waals surface area (Å²) in [6.45, 7) is 0. The fourth-order valence-corrected chi connectivity index (χ4v) is 2.29. The summed E-state index contributed by atoms with van der Waals surface area (Å²) in [6, 6.07) is 21.1. The summed E-state index contributed by atoms with van der Waals surface area (Å²) >= 11 is 0. The lowest BCUT2D eigenvalue weighted by atomic mass is 10.0. The van der Waals surface area contributed by atoms with Gasteiger partial charge in [-0.05, 0) is 29.3 Å². The molecular formula is C18H14N2O2. The second-order valence-electron chi connectivity index (χ2n) is 4.89. The van der Waals surface area contributed by atoms with Crippen LogP contribution in [0.15, 0.2) is 66.7 Å². The van der Waals surface area contributed by atoms with Crippen LogP contribution in [-0.4, -0.2) is 16.1 Å². The van der Waals surface area contributed by atoms with E-state index in [0.29, 0.717) is 5.69 Å². The molecule has 1 aromatic heterocycles. The number of nitrogen functional groups attached to an aromatic ring is 1. The predicted octanol–water partition coefficient (Wildman–Crippen LogP) is 3.70. The molecule has 3 rings (SSSR count). The second kappa shape index (κ2) is 5.69. The fourth-order valence-electron chi connectivity index (χ4n) is 2.29. The van der Waals surface area contributed by atoms with Gasteiger partial charge in [-0.2, -0.15) is 0 Å². The van der Waals surface area contributed by atoms with Crippen LogP contribution in [0.5, 0.6) is 0 Å². The van der Waals surface area contributed by atoms with E-state index in [1.165, 1.54) is 0 Å². The van der Waals surface area contributed by atoms with Crippen LogP contribution in [-0.2, 0) is 0 Å². The third-order valence-electron chi connectivity index (χ3n) is 3.39. The molecule has 22 heavy (non-hydrogen) atoms. The Bertz CT molecular complexity index is 830. The van der Waals surface area contributed by atoms with Gasteiger partial charge in [-0.3, -0.25) is 0 Å². The molecule has 0 spiro atoms. The van der Waals surface area contributed by atoms with Gasteiger partial charge < -0.3 is 10.8 Å². The Morgan fingerprint density at radius 3 is 2.27 bits per heavy atom. The summed E-state index contributed by atoms with van der Waals surface area (Å²) in [5.74, 6) is -1.13. The number of aromatic nitrogens is 1. The maximum atomic E-state index is 11.2. The Balaban J connectivity index is 2.06. The smallest absolute Gasteiger partial charge is 0.356 e. The number of nitrogens with zero attached hydrogens (tertiary/aromatic N) is 1. The molecule has 0 fully saturated rings. The lowest BCUT2D eigenvalue weighted by molar-refractivity contribution is 0.0692. The topological polar surface area (TPSA) is 76.2 Å². The van der Waals surface area contributed by atoms with Gasteiger partial charge in [0.25, 0.3) is 0 Å². The number of carboxylic acids is 1. The molecule has 0 aliphatic heterocycles. The molecule has 3 aromatic rings. The van der Waals surface area contributed by atoms with E-state index >= 15 is 0 Å². The Hall–Kier alpha value is -3.14. The Morgan fingerprint density at radius 1 is 0.864 bits per heavy atom. The van der Waals surface area contributed by atoms with Crippen molar-refractivity contribution in [3.63, 3.8) is 0 Å². The van der Waals surface area contributed by atoms with E-state index in [2.05, 4.69) is 4.98 Å². The van der Waals surface area contributed by atoms with E-state index in [9.17, 15) is 4.79 Å². The number of rotatable bonds is 3. The van der Waals surface area contributed by atoms with Gasteiger partial charge in [0.05, 0.1) is 11.4 Å². The third-order valence-corrected chi connectivity index (χ3v) is 3.39. The van der Waals surface area contributed by atoms with Crippen LogP contribution in [0.1, 0.15) is 10.5 Å². The van der Waals surface area contributed by atoms with Crippen LogP contribution < -0.4 is 5.73 Å². The molecule has 2 aromatic carbocycles. The van der Waals surface area contributed by atoms with Crippen molar-refractivity contribution in [2.24, 2.45) is 0 Å². The first-order valence-corrected chi connectivity index (χ1v) is 6.81. The quantitative estimate of drug-likeness (QED) is 0.771. The fraction of sp³-hybridized carbons (Fsp3) is 0. The third kappa shape index (κ3) is 2.67. The minimum Gasteiger partial charge on any atom is -0.476 e. The Labute approximate surface area is 127 Å². The monoisotopic (exact) mass is 290 g/mol. The molecule has 0 aliphatic carbocycles. The summed E-state index contributed by atoms with van der Waals surface area (Å²) in [5.41, 5.74) is 9.27. The van der Waals surface area contributed by atoms with Crippen LogP contribution in [0.25, 0.3) is 22.4 Å². The van der Waals surface area contributed by atoms with Crippen molar-refractivity contribution in [1.82, 2.24) is 4.98 Å². The number of pyridine rings is 1. The molecule has 0 amide bonds. The molecule has 0 radical (unpaired) electrons. The van der Waals surface area contributed by atoms with Gasteiger partial charge in [-0.25, -0.2) is 9.78 Å². The summed E-state index contributed by atoms with van der Waals surface area (Å²) in [5, 5.41) is 9.13. The van der Waals surface area contributed by atoms with E-state index in [0.717, 1.165) is 16.7 Å². The van der Waals surface area contributed by atoms with Gasteiger partial charge >= 0.3 is 5.97 Å². The average Bonchev–Trinajstić information content (AvgIpc) is 2.56. The van der Waals surface area contributed by atoms with E-state index in [-0.39, 0.29) is 11.4 Å². The normalized spacial score (nSPS) is 10.4. The molecule has 4 nitrogen and oxygen atoms in total. The Morgan fingerprint density at radius 2 is 1.55 bits per heavy atom. The lowest BCUT2D eigenvalue weighted by Crippen LogP contribution is -2.06. The first-order chi connectivity index (χ1) is 10.6. The molecule has 4 heteroatoms. The molecule has 1 heterocycles. The van der Waals surface area contributed by atoms with Gasteiger partial charge in [0, 0.05) is 5.56 Å². The number of aromatic carboxylic acids is 1. The summed E-state index contributed by atoms with van der Waals surface area (Å²) in [4.78, 5) is 15.3. The van der Waals surface area contributed by atoms with Gasteiger partial charge in [0.1, 0.15) is 0 Å². The van der Waals surface area contributed by atoms with E-state index in [1.54, 1.807) is 12.1 Å². The number of anilines is 1. The minimum absolute atomic E-state index is 0.123. The maximum Gasteiger partial charge on any atom is 0.356 e. The highest BCUT2D eigenvalue weighted by Crippen LogP contribution is 2.26. The van der Waals surface area contributed by atoms with Gasteiger partial charge in [0.2, 0.25) is 0 Å². The highest BCUT2D eigenvalue weighted by Gasteiger charge is 2.12. The van der Waals surface area contributed by atoms with Crippen molar-refractivity contribution in [2.75, 3.05) is 5.73 Å². The van der Waals surface area contributed by atoms with E-state index in [4.69, 9.17) is 10.8 Å². The highest BCUT2D eigenvalue weighted by atomic mass is 16.4. The van der Waals surface area contributed by atoms with Crippen LogP contribution in [0.4, 0.5) is 5.69 Å². The zero-order valence-electron chi connectivity index (χ0n) is 11.7. The molecule has 0 aliphatic rings. The largest absolute Gasteiger partial charge is 0.476 e. The molecule has 0 atom stereocenters. The highest BCUT2D eigenvalue weighted by molar-refractivity contribution is 5.92. The SMILES string of the molecule is Nc1ccc(-c2cccc(-c3ccccc3)c2)nc1C(=O)O. The predicted molar refractivity (Wildman–Crippen MR) is 86.5 cm³/mol. The van der Waals surface area contributed by atoms with Crippen molar-refractivity contribution in [3.8, 4) is 22.4 Å². The van der Waals surface area contributed by atoms with Crippen LogP contribution in [0, 0.1) is 0 Å². The molecule has 108 valence electrons. The zero-order valence-corrected chi connectivity index (χ0v) is 11.7. The van der Waals surface area contributed by atoms with Crippen molar-refractivity contribution in [1.29, 1.82) is 0 Å². The Kier molecular flexibility index (Phi) is 3.58. The first-order valence-electron chi connectivity index (χ1n) is 6.81. The lowest BCUT2D eigenvalue weighted by Gasteiger charge is -2.07. The van der Waals surface area contributed by atoms with Gasteiger partial charge in [0.15, 0.2) is 5.69 Å². The molecule has 0 bridgehead atoms. The number of hydrogen-bond donors (Lipinski definition) is 2. The number of carboxylic acid groups (broad SMARTS) is 1. The number of benzene rings is 2. The van der Waals surface area contributed by atoms with E-state index in [1.807, 2.05) is 54.6 Å². The first kappa shape index (κ1) is 13.8. The maximum absolute atomic E-state index is 11.2. The van der Waals surface area contributed by atoms with Crippen LogP contribution in [0.3, 0.4) is 0 Å². The summed E-state index contributed by atoms with van der Waals surface area (Å²) in [6.07, 6.45) is 0. The van der Waals surface area contributed by atoms with Gasteiger partial charge in [-0.15, -0.1) is 0 Å². The van der Waals surface area contributed by atoms with Crippen molar-refractivity contribution in [3.05, 3.63) is 72.4 Å². The van der Waals surface area contributed by atoms with Crippen molar-refractivity contribution in [2.45, 2.75) is 0 Å². The van der Waals surface area contributed by atoms with Crippen LogP contribution in [0.2, 0.25) is 0 Å². The summed E-state index contributed by atoms with van der Waals surface area (Å²) < 4.78 is 0. The van der Waals surface area contributed by atoms with Crippen molar-refractivity contribution >= 4 is 11.7 Å². The van der Waals surface area contributed by atoms with Crippen LogP contribution >= 0.6 is 0 Å². The standard InChI is InChI=1S/C18H14N2O2/c19-15-9-10-16(20-17(15)18(21)22)14-8-4-7-13(11-14)12-5-2-1-3-6-12/h1-11H,19H2,(H,21,22). The molecular weight excluding hydrogens is 276 g/mol. The molecule has 0 unspecified atom stereocenters. The molecule has 0 saturated heterocycles. The second-order valence-corrected chi connectivity index (χ2v) is 4.89. The van der Waals surface area contributed by atoms with Gasteiger partial charge in [-0.1, -0.05) is 48.5 Å². The van der Waals surface area contributed by atoms with E-state index < -0.39 is 5.97 Å². The number of hydrogen-bond acceptors (Lipinski definition) is 3. The molecule has 0 saturated carbocycles. The molecule has 3 N–H and O–H groups in total. The summed E-state index contributed by atoms with van der Waals surface area (Å²) in [7, 11) is 0. The zero-order chi connectivity index (χ0) is 15.5. The van der Waals surface area contributed by atoms with Crippen molar-refractivity contribution < 1.29 is 9.90 Å².